The molecule has 2 rings (SSSR count). The standard InChI is InChI=1S/C18H19NO4/c19-16(18(22)23)11-15(17(20)21)10-12-5-4-8-14(9-12)13-6-2-1-3-7-13/h1-9,15-16H,10-11,19H2,(H,20,21)(H,22,23)/t15-,16+/m0/s1. The van der Waals surface area contributed by atoms with Gasteiger partial charge in [-0.2, -0.15) is 0 Å². The number of hydrogen-bond acceptors (Lipinski definition) is 3. The zero-order chi connectivity index (χ0) is 16.8. The maximum absolute atomic E-state index is 11.4. The van der Waals surface area contributed by atoms with E-state index in [9.17, 15) is 14.7 Å². The van der Waals surface area contributed by atoms with E-state index in [-0.39, 0.29) is 12.8 Å². The summed E-state index contributed by atoms with van der Waals surface area (Å²) in [5.74, 6) is -3.05. The minimum absolute atomic E-state index is 0.0970. The summed E-state index contributed by atoms with van der Waals surface area (Å²) in [6, 6.07) is 16.2. The number of hydrogen-bond donors (Lipinski definition) is 3. The highest BCUT2D eigenvalue weighted by molar-refractivity contribution is 5.76. The third kappa shape index (κ3) is 4.66. The Labute approximate surface area is 134 Å². The summed E-state index contributed by atoms with van der Waals surface area (Å²) < 4.78 is 0. The summed E-state index contributed by atoms with van der Waals surface area (Å²) in [6.07, 6.45) is 0.150. The Morgan fingerprint density at radius 1 is 0.913 bits per heavy atom. The van der Waals surface area contributed by atoms with Crippen molar-refractivity contribution in [1.29, 1.82) is 0 Å². The molecule has 0 spiro atoms. The number of benzene rings is 2. The molecule has 0 saturated heterocycles. The van der Waals surface area contributed by atoms with Gasteiger partial charge in [-0.05, 0) is 29.5 Å². The van der Waals surface area contributed by atoms with Crippen molar-refractivity contribution in [2.45, 2.75) is 18.9 Å². The highest BCUT2D eigenvalue weighted by Crippen LogP contribution is 2.22. The van der Waals surface area contributed by atoms with E-state index in [2.05, 4.69) is 0 Å². The lowest BCUT2D eigenvalue weighted by Crippen LogP contribution is -2.35. The SMILES string of the molecule is N[C@H](C[C@H](Cc1cccc(-c2ccccc2)c1)C(=O)O)C(=O)O. The van der Waals surface area contributed by atoms with E-state index in [1.54, 1.807) is 0 Å². The van der Waals surface area contributed by atoms with Crippen LogP contribution < -0.4 is 5.73 Å². The summed E-state index contributed by atoms with van der Waals surface area (Å²) in [5, 5.41) is 18.2. The van der Waals surface area contributed by atoms with Crippen molar-refractivity contribution in [3.63, 3.8) is 0 Å². The predicted molar refractivity (Wildman–Crippen MR) is 86.9 cm³/mol. The first-order valence-corrected chi connectivity index (χ1v) is 7.33. The molecule has 0 fully saturated rings. The second-order valence-corrected chi connectivity index (χ2v) is 5.49. The summed E-state index contributed by atoms with van der Waals surface area (Å²) in [4.78, 5) is 22.2. The fourth-order valence-corrected chi connectivity index (χ4v) is 2.47. The number of carboxylic acid groups (broad SMARTS) is 2. The molecule has 0 heterocycles. The van der Waals surface area contributed by atoms with Gasteiger partial charge in [-0.15, -0.1) is 0 Å². The van der Waals surface area contributed by atoms with Crippen LogP contribution in [0.25, 0.3) is 11.1 Å². The molecule has 5 nitrogen and oxygen atoms in total. The zero-order valence-corrected chi connectivity index (χ0v) is 12.6. The van der Waals surface area contributed by atoms with Gasteiger partial charge in [0, 0.05) is 0 Å². The molecule has 2 aromatic rings. The molecule has 0 aliphatic carbocycles. The van der Waals surface area contributed by atoms with Crippen LogP contribution in [0.5, 0.6) is 0 Å². The Hall–Kier alpha value is -2.66. The van der Waals surface area contributed by atoms with Crippen LogP contribution in [0.3, 0.4) is 0 Å². The minimum atomic E-state index is -1.19. The molecule has 0 unspecified atom stereocenters. The molecule has 2 aromatic carbocycles. The van der Waals surface area contributed by atoms with Crippen molar-refractivity contribution >= 4 is 11.9 Å². The van der Waals surface area contributed by atoms with E-state index < -0.39 is 23.9 Å². The number of carboxylic acids is 2. The topological polar surface area (TPSA) is 101 Å². The molecular weight excluding hydrogens is 294 g/mol. The fourth-order valence-electron chi connectivity index (χ4n) is 2.47. The van der Waals surface area contributed by atoms with Gasteiger partial charge in [0.1, 0.15) is 6.04 Å². The van der Waals surface area contributed by atoms with E-state index in [0.717, 1.165) is 16.7 Å². The summed E-state index contributed by atoms with van der Waals surface area (Å²) in [6.45, 7) is 0. The quantitative estimate of drug-likeness (QED) is 0.728. The maximum Gasteiger partial charge on any atom is 0.320 e. The second-order valence-electron chi connectivity index (χ2n) is 5.49. The molecule has 4 N–H and O–H groups in total. The lowest BCUT2D eigenvalue weighted by atomic mass is 9.91. The molecular formula is C18H19NO4. The van der Waals surface area contributed by atoms with Crippen LogP contribution in [0, 0.1) is 5.92 Å². The number of aliphatic carboxylic acids is 2. The summed E-state index contributed by atoms with van der Waals surface area (Å²) >= 11 is 0. The normalized spacial score (nSPS) is 13.3. The molecule has 5 heteroatoms. The third-order valence-electron chi connectivity index (χ3n) is 3.72. The molecule has 0 aliphatic heterocycles. The van der Waals surface area contributed by atoms with Crippen LogP contribution in [0.2, 0.25) is 0 Å². The summed E-state index contributed by atoms with van der Waals surface area (Å²) in [7, 11) is 0. The number of rotatable bonds is 7. The Bertz CT molecular complexity index is 684. The van der Waals surface area contributed by atoms with Gasteiger partial charge in [-0.1, -0.05) is 54.6 Å². The van der Waals surface area contributed by atoms with E-state index in [4.69, 9.17) is 10.8 Å². The van der Waals surface area contributed by atoms with Crippen LogP contribution in [-0.2, 0) is 16.0 Å². The molecule has 0 bridgehead atoms. The number of nitrogens with two attached hydrogens (primary N) is 1. The Balaban J connectivity index is 2.17. The minimum Gasteiger partial charge on any atom is -0.481 e. The van der Waals surface area contributed by atoms with Gasteiger partial charge < -0.3 is 15.9 Å². The van der Waals surface area contributed by atoms with E-state index in [0.29, 0.717) is 0 Å². The van der Waals surface area contributed by atoms with Crippen molar-refractivity contribution in [2.75, 3.05) is 0 Å². The van der Waals surface area contributed by atoms with E-state index in [1.165, 1.54) is 0 Å². The lowest BCUT2D eigenvalue weighted by molar-refractivity contribution is -0.143. The van der Waals surface area contributed by atoms with Gasteiger partial charge >= 0.3 is 11.9 Å². The van der Waals surface area contributed by atoms with E-state index >= 15 is 0 Å². The van der Waals surface area contributed by atoms with Crippen molar-refractivity contribution in [3.05, 3.63) is 60.2 Å². The average molecular weight is 313 g/mol. The first kappa shape index (κ1) is 16.7. The highest BCUT2D eigenvalue weighted by atomic mass is 16.4. The molecule has 0 radical (unpaired) electrons. The molecule has 0 aromatic heterocycles. The second kappa shape index (κ2) is 7.56. The monoisotopic (exact) mass is 313 g/mol. The van der Waals surface area contributed by atoms with Crippen molar-refractivity contribution < 1.29 is 19.8 Å². The first-order valence-electron chi connectivity index (χ1n) is 7.33. The fraction of sp³-hybridized carbons (Fsp3) is 0.222. The Morgan fingerprint density at radius 3 is 2.17 bits per heavy atom. The van der Waals surface area contributed by atoms with Crippen LogP contribution >= 0.6 is 0 Å². The van der Waals surface area contributed by atoms with Gasteiger partial charge in [0.05, 0.1) is 5.92 Å². The Kier molecular flexibility index (Phi) is 5.49. The van der Waals surface area contributed by atoms with Crippen molar-refractivity contribution in [2.24, 2.45) is 11.7 Å². The maximum atomic E-state index is 11.4. The van der Waals surface area contributed by atoms with Gasteiger partial charge in [-0.3, -0.25) is 9.59 Å². The number of carbonyl (C=O) groups is 2. The van der Waals surface area contributed by atoms with Crippen LogP contribution in [0.15, 0.2) is 54.6 Å². The third-order valence-corrected chi connectivity index (χ3v) is 3.72. The summed E-state index contributed by atoms with van der Waals surface area (Å²) in [5.41, 5.74) is 8.35. The molecule has 23 heavy (non-hydrogen) atoms. The molecule has 120 valence electrons. The van der Waals surface area contributed by atoms with Crippen LogP contribution in [0.4, 0.5) is 0 Å². The largest absolute Gasteiger partial charge is 0.481 e. The molecule has 2 atom stereocenters. The van der Waals surface area contributed by atoms with Gasteiger partial charge in [0.15, 0.2) is 0 Å². The van der Waals surface area contributed by atoms with Crippen LogP contribution in [-0.4, -0.2) is 28.2 Å². The predicted octanol–water partition coefficient (Wildman–Crippen LogP) is 2.40. The van der Waals surface area contributed by atoms with Gasteiger partial charge in [-0.25, -0.2) is 0 Å². The van der Waals surface area contributed by atoms with Crippen molar-refractivity contribution in [3.8, 4) is 11.1 Å². The van der Waals surface area contributed by atoms with Gasteiger partial charge in [0.25, 0.3) is 0 Å². The van der Waals surface area contributed by atoms with Gasteiger partial charge in [0.2, 0.25) is 0 Å². The Morgan fingerprint density at radius 2 is 1.57 bits per heavy atom. The lowest BCUT2D eigenvalue weighted by Gasteiger charge is -2.15. The molecule has 0 amide bonds. The van der Waals surface area contributed by atoms with Crippen LogP contribution in [0.1, 0.15) is 12.0 Å². The van der Waals surface area contributed by atoms with Crippen molar-refractivity contribution in [1.82, 2.24) is 0 Å². The molecule has 0 saturated carbocycles. The average Bonchev–Trinajstić information content (AvgIpc) is 2.55. The smallest absolute Gasteiger partial charge is 0.320 e. The molecule has 0 aliphatic rings. The first-order chi connectivity index (χ1) is 11.0. The zero-order valence-electron chi connectivity index (χ0n) is 12.6. The van der Waals surface area contributed by atoms with E-state index in [1.807, 2.05) is 54.6 Å². The highest BCUT2D eigenvalue weighted by Gasteiger charge is 2.24.